The highest BCUT2D eigenvalue weighted by molar-refractivity contribution is 5.63. The predicted octanol–water partition coefficient (Wildman–Crippen LogP) is 0.179. The Bertz CT molecular complexity index is 521. The van der Waals surface area contributed by atoms with Gasteiger partial charge in [0.15, 0.2) is 0 Å². The van der Waals surface area contributed by atoms with Gasteiger partial charge in [0.25, 0.3) is 0 Å². The number of anilines is 1. The highest BCUT2D eigenvalue weighted by atomic mass is 16.6. The number of nitrogens with zero attached hydrogens (tertiary/aromatic N) is 4. The summed E-state index contributed by atoms with van der Waals surface area (Å²) in [4.78, 5) is 16.7. The standard InChI is InChI=1S/C12H16N6O2/c13-9-10-1-2-15-12(11(10)18(19)20)16-5-8-17-6-3-14-4-7-17/h1-2,14H,3-8H2,(H,15,16). The molecule has 1 saturated heterocycles. The van der Waals surface area contributed by atoms with E-state index in [0.29, 0.717) is 6.54 Å². The van der Waals surface area contributed by atoms with Crippen molar-refractivity contribution in [3.8, 4) is 6.07 Å². The lowest BCUT2D eigenvalue weighted by Crippen LogP contribution is -2.45. The average molecular weight is 276 g/mol. The number of aromatic nitrogens is 1. The summed E-state index contributed by atoms with van der Waals surface area (Å²) in [5, 5.41) is 26.1. The first-order valence-corrected chi connectivity index (χ1v) is 6.43. The number of nitro groups is 1. The summed E-state index contributed by atoms with van der Waals surface area (Å²) in [7, 11) is 0. The molecule has 1 fully saturated rings. The summed E-state index contributed by atoms with van der Waals surface area (Å²) in [6.45, 7) is 5.20. The van der Waals surface area contributed by atoms with Gasteiger partial charge in [0.05, 0.1) is 4.92 Å². The molecule has 0 amide bonds. The minimum Gasteiger partial charge on any atom is -0.363 e. The van der Waals surface area contributed by atoms with Crippen LogP contribution in [0, 0.1) is 21.4 Å². The van der Waals surface area contributed by atoms with Crippen molar-refractivity contribution >= 4 is 11.5 Å². The summed E-state index contributed by atoms with van der Waals surface area (Å²) >= 11 is 0. The Morgan fingerprint density at radius 1 is 1.55 bits per heavy atom. The highest BCUT2D eigenvalue weighted by Crippen LogP contribution is 2.25. The minimum absolute atomic E-state index is 0.0228. The van der Waals surface area contributed by atoms with Crippen LogP contribution in [-0.4, -0.2) is 54.1 Å². The molecule has 0 bridgehead atoms. The van der Waals surface area contributed by atoms with Crippen LogP contribution in [0.15, 0.2) is 12.3 Å². The zero-order chi connectivity index (χ0) is 14.4. The van der Waals surface area contributed by atoms with Crippen LogP contribution in [0.3, 0.4) is 0 Å². The second kappa shape index (κ2) is 6.79. The predicted molar refractivity (Wildman–Crippen MR) is 73.4 cm³/mol. The number of pyridine rings is 1. The molecule has 0 radical (unpaired) electrons. The molecule has 2 rings (SSSR count). The average Bonchev–Trinajstić information content (AvgIpc) is 2.47. The van der Waals surface area contributed by atoms with Crippen molar-refractivity contribution in [2.24, 2.45) is 0 Å². The zero-order valence-electron chi connectivity index (χ0n) is 11.0. The van der Waals surface area contributed by atoms with E-state index >= 15 is 0 Å². The van der Waals surface area contributed by atoms with Crippen molar-refractivity contribution in [1.29, 1.82) is 5.26 Å². The van der Waals surface area contributed by atoms with Crippen molar-refractivity contribution in [1.82, 2.24) is 15.2 Å². The van der Waals surface area contributed by atoms with Gasteiger partial charge in [-0.1, -0.05) is 0 Å². The molecule has 0 spiro atoms. The number of nitrogens with one attached hydrogen (secondary N) is 2. The third-order valence-corrected chi connectivity index (χ3v) is 3.16. The molecule has 0 atom stereocenters. The van der Waals surface area contributed by atoms with Gasteiger partial charge in [-0.05, 0) is 6.07 Å². The van der Waals surface area contributed by atoms with Gasteiger partial charge in [0, 0.05) is 45.5 Å². The maximum atomic E-state index is 11.0. The fourth-order valence-corrected chi connectivity index (χ4v) is 2.13. The van der Waals surface area contributed by atoms with Crippen LogP contribution in [0.2, 0.25) is 0 Å². The molecule has 0 unspecified atom stereocenters. The van der Waals surface area contributed by atoms with Crippen LogP contribution in [0.25, 0.3) is 0 Å². The molecule has 1 aliphatic heterocycles. The molecule has 1 aromatic heterocycles. The van der Waals surface area contributed by atoms with Gasteiger partial charge < -0.3 is 10.6 Å². The molecule has 2 heterocycles. The Labute approximate surface area is 116 Å². The van der Waals surface area contributed by atoms with E-state index < -0.39 is 4.92 Å². The normalized spacial score (nSPS) is 15.6. The van der Waals surface area contributed by atoms with E-state index in [0.717, 1.165) is 32.7 Å². The van der Waals surface area contributed by atoms with Gasteiger partial charge in [-0.25, -0.2) is 4.98 Å². The zero-order valence-corrected chi connectivity index (χ0v) is 11.0. The molecule has 2 N–H and O–H groups in total. The summed E-state index contributed by atoms with van der Waals surface area (Å²) in [5.74, 6) is 0.157. The molecular weight excluding hydrogens is 260 g/mol. The number of hydrogen-bond donors (Lipinski definition) is 2. The van der Waals surface area contributed by atoms with E-state index in [9.17, 15) is 10.1 Å². The molecule has 106 valence electrons. The number of hydrogen-bond acceptors (Lipinski definition) is 7. The Hall–Kier alpha value is -2.24. The molecule has 1 aliphatic rings. The van der Waals surface area contributed by atoms with Gasteiger partial charge in [-0.15, -0.1) is 0 Å². The Morgan fingerprint density at radius 2 is 2.30 bits per heavy atom. The molecule has 8 heteroatoms. The van der Waals surface area contributed by atoms with Crippen LogP contribution in [0.1, 0.15) is 5.56 Å². The summed E-state index contributed by atoms with van der Waals surface area (Å²) in [6.07, 6.45) is 1.40. The van der Waals surface area contributed by atoms with Gasteiger partial charge >= 0.3 is 5.69 Å². The lowest BCUT2D eigenvalue weighted by atomic mass is 10.2. The Kier molecular flexibility index (Phi) is 4.81. The van der Waals surface area contributed by atoms with Gasteiger partial charge in [0.2, 0.25) is 5.82 Å². The quantitative estimate of drug-likeness (QED) is 0.583. The maximum absolute atomic E-state index is 11.0. The largest absolute Gasteiger partial charge is 0.363 e. The van der Waals surface area contributed by atoms with Crippen LogP contribution >= 0.6 is 0 Å². The van der Waals surface area contributed by atoms with Crippen LogP contribution in [0.5, 0.6) is 0 Å². The van der Waals surface area contributed by atoms with Crippen LogP contribution < -0.4 is 10.6 Å². The molecule has 8 nitrogen and oxygen atoms in total. The Morgan fingerprint density at radius 3 is 2.95 bits per heavy atom. The monoisotopic (exact) mass is 276 g/mol. The van der Waals surface area contributed by atoms with Crippen molar-refractivity contribution in [3.05, 3.63) is 27.9 Å². The fourth-order valence-electron chi connectivity index (χ4n) is 2.13. The number of piperazine rings is 1. The first-order chi connectivity index (χ1) is 9.72. The van der Waals surface area contributed by atoms with Crippen LogP contribution in [0.4, 0.5) is 11.5 Å². The lowest BCUT2D eigenvalue weighted by Gasteiger charge is -2.27. The molecule has 20 heavy (non-hydrogen) atoms. The van der Waals surface area contributed by atoms with E-state index in [1.54, 1.807) is 0 Å². The van der Waals surface area contributed by atoms with E-state index in [-0.39, 0.29) is 17.1 Å². The SMILES string of the molecule is N#Cc1ccnc(NCCN2CCNCC2)c1[N+](=O)[O-]. The molecular formula is C12H16N6O2. The van der Waals surface area contributed by atoms with E-state index in [4.69, 9.17) is 5.26 Å². The molecule has 0 aromatic carbocycles. The van der Waals surface area contributed by atoms with Gasteiger partial charge in [0.1, 0.15) is 11.6 Å². The topological polar surface area (TPSA) is 107 Å². The van der Waals surface area contributed by atoms with Crippen molar-refractivity contribution in [2.75, 3.05) is 44.6 Å². The van der Waals surface area contributed by atoms with E-state index in [2.05, 4.69) is 20.5 Å². The molecule has 0 saturated carbocycles. The first-order valence-electron chi connectivity index (χ1n) is 6.43. The number of nitriles is 1. The lowest BCUT2D eigenvalue weighted by molar-refractivity contribution is -0.384. The van der Waals surface area contributed by atoms with Gasteiger partial charge in [-0.3, -0.25) is 15.0 Å². The van der Waals surface area contributed by atoms with Gasteiger partial charge in [-0.2, -0.15) is 5.26 Å². The van der Waals surface area contributed by atoms with E-state index in [1.807, 2.05) is 6.07 Å². The van der Waals surface area contributed by atoms with E-state index in [1.165, 1.54) is 12.3 Å². The van der Waals surface area contributed by atoms with Crippen molar-refractivity contribution < 1.29 is 4.92 Å². The second-order valence-corrected chi connectivity index (χ2v) is 4.44. The third-order valence-electron chi connectivity index (χ3n) is 3.16. The Balaban J connectivity index is 1.98. The fraction of sp³-hybridized carbons (Fsp3) is 0.500. The summed E-state index contributed by atoms with van der Waals surface area (Å²) in [6, 6.07) is 3.16. The molecule has 1 aromatic rings. The summed E-state index contributed by atoms with van der Waals surface area (Å²) < 4.78 is 0. The smallest absolute Gasteiger partial charge is 0.328 e. The maximum Gasteiger partial charge on any atom is 0.328 e. The van der Waals surface area contributed by atoms with Crippen molar-refractivity contribution in [2.45, 2.75) is 0 Å². The van der Waals surface area contributed by atoms with Crippen molar-refractivity contribution in [3.63, 3.8) is 0 Å². The highest BCUT2D eigenvalue weighted by Gasteiger charge is 2.21. The first kappa shape index (κ1) is 14.2. The third kappa shape index (κ3) is 3.40. The number of rotatable bonds is 5. The summed E-state index contributed by atoms with van der Waals surface area (Å²) in [5.41, 5.74) is -0.231. The second-order valence-electron chi connectivity index (χ2n) is 4.44. The molecule has 0 aliphatic carbocycles. The van der Waals surface area contributed by atoms with Crippen LogP contribution in [-0.2, 0) is 0 Å². The minimum atomic E-state index is -0.571.